The molecule has 0 unspecified atom stereocenters. The van der Waals surface area contributed by atoms with Gasteiger partial charge in [0.05, 0.1) is 14.2 Å². The monoisotopic (exact) mass is 253 g/mol. The third kappa shape index (κ3) is 0.917. The second-order valence-electron chi connectivity index (χ2n) is 4.78. The molecule has 0 bridgehead atoms. The van der Waals surface area contributed by atoms with Crippen molar-refractivity contribution in [1.82, 2.24) is 0 Å². The highest BCUT2D eigenvalue weighted by Gasteiger charge is 2.76. The van der Waals surface area contributed by atoms with E-state index < -0.39 is 29.3 Å². The maximum absolute atomic E-state index is 12.6. The van der Waals surface area contributed by atoms with Gasteiger partial charge in [0.25, 0.3) is 0 Å². The van der Waals surface area contributed by atoms with Crippen LogP contribution < -0.4 is 0 Å². The van der Waals surface area contributed by atoms with E-state index >= 15 is 0 Å². The highest BCUT2D eigenvalue weighted by atomic mass is 16.6. The van der Waals surface area contributed by atoms with E-state index in [9.17, 15) is 9.90 Å². The van der Waals surface area contributed by atoms with Crippen LogP contribution in [0.4, 0.5) is 0 Å². The van der Waals surface area contributed by atoms with Gasteiger partial charge in [-0.15, -0.1) is 0 Å². The number of carbonyl (C=O) groups is 1. The SMILES string of the molecule is [2H][C@@H]1C(=C)[C@@]2(O)C(OC)=C(OC)C(=O)[C@]23OCC[C@H]13. The fourth-order valence-electron chi connectivity index (χ4n) is 3.41. The molecule has 1 saturated heterocycles. The van der Waals surface area contributed by atoms with Gasteiger partial charge in [-0.2, -0.15) is 0 Å². The zero-order valence-corrected chi connectivity index (χ0v) is 10.4. The minimum Gasteiger partial charge on any atom is -0.494 e. The molecular weight excluding hydrogens is 236 g/mol. The quantitative estimate of drug-likeness (QED) is 0.728. The van der Waals surface area contributed by atoms with E-state index in [0.29, 0.717) is 13.0 Å². The van der Waals surface area contributed by atoms with Crippen LogP contribution in [-0.2, 0) is 19.0 Å². The lowest BCUT2D eigenvalue weighted by atomic mass is 9.81. The second-order valence-corrected chi connectivity index (χ2v) is 4.78. The molecule has 0 aromatic heterocycles. The first-order valence-electron chi connectivity index (χ1n) is 6.40. The van der Waals surface area contributed by atoms with E-state index in [2.05, 4.69) is 6.58 Å². The number of Topliss-reactive ketones (excluding diaryl/α,β-unsaturated/α-hetero) is 1. The molecule has 0 radical (unpaired) electrons. The predicted molar refractivity (Wildman–Crippen MR) is 61.5 cm³/mol. The van der Waals surface area contributed by atoms with Crippen LogP contribution in [0.15, 0.2) is 23.7 Å². The van der Waals surface area contributed by atoms with E-state index in [-0.39, 0.29) is 17.1 Å². The van der Waals surface area contributed by atoms with Crippen LogP contribution in [0.2, 0.25) is 0 Å². The van der Waals surface area contributed by atoms with Crippen molar-refractivity contribution in [2.24, 2.45) is 5.92 Å². The molecular formula is C13H16O5. The Labute approximate surface area is 106 Å². The van der Waals surface area contributed by atoms with Crippen molar-refractivity contribution < 1.29 is 25.5 Å². The summed E-state index contributed by atoms with van der Waals surface area (Å²) in [6.45, 7) is 4.12. The van der Waals surface area contributed by atoms with Crippen LogP contribution in [0.3, 0.4) is 0 Å². The Morgan fingerprint density at radius 1 is 1.56 bits per heavy atom. The summed E-state index contributed by atoms with van der Waals surface area (Å²) in [5.41, 5.74) is -3.06. The van der Waals surface area contributed by atoms with Crippen LogP contribution in [0, 0.1) is 5.92 Å². The fraction of sp³-hybridized carbons (Fsp3) is 0.615. The average molecular weight is 253 g/mol. The molecule has 2 fully saturated rings. The molecule has 0 amide bonds. The maximum Gasteiger partial charge on any atom is 0.236 e. The number of carbonyl (C=O) groups excluding carboxylic acids is 1. The van der Waals surface area contributed by atoms with E-state index in [1.54, 1.807) is 0 Å². The normalized spacial score (nSPS) is 47.2. The van der Waals surface area contributed by atoms with Gasteiger partial charge in [0.1, 0.15) is 0 Å². The zero-order valence-electron chi connectivity index (χ0n) is 11.4. The topological polar surface area (TPSA) is 65.0 Å². The first kappa shape index (κ1) is 10.6. The number of hydrogen-bond acceptors (Lipinski definition) is 5. The zero-order chi connectivity index (χ0) is 14.0. The Bertz CT molecular complexity index is 513. The minimum atomic E-state index is -1.79. The summed E-state index contributed by atoms with van der Waals surface area (Å²) in [5.74, 6) is -0.903. The van der Waals surface area contributed by atoms with E-state index in [1.807, 2.05) is 0 Å². The minimum absolute atomic E-state index is 0.00616. The summed E-state index contributed by atoms with van der Waals surface area (Å²) in [4.78, 5) is 12.6. The van der Waals surface area contributed by atoms with E-state index in [0.717, 1.165) is 0 Å². The molecule has 2 aliphatic carbocycles. The van der Waals surface area contributed by atoms with E-state index in [4.69, 9.17) is 15.6 Å². The van der Waals surface area contributed by atoms with Crippen LogP contribution in [0.25, 0.3) is 0 Å². The van der Waals surface area contributed by atoms with Gasteiger partial charge in [-0.1, -0.05) is 6.58 Å². The lowest BCUT2D eigenvalue weighted by Crippen LogP contribution is -2.55. The molecule has 98 valence electrons. The van der Waals surface area contributed by atoms with Gasteiger partial charge in [-0.05, 0) is 18.4 Å². The van der Waals surface area contributed by atoms with Gasteiger partial charge in [0, 0.05) is 13.9 Å². The molecule has 1 spiro atoms. The number of methoxy groups -OCH3 is 2. The van der Waals surface area contributed by atoms with Crippen molar-refractivity contribution in [2.75, 3.05) is 20.8 Å². The molecule has 1 saturated carbocycles. The lowest BCUT2D eigenvalue weighted by molar-refractivity contribution is -0.157. The number of rotatable bonds is 2. The smallest absolute Gasteiger partial charge is 0.236 e. The third-order valence-corrected chi connectivity index (χ3v) is 4.17. The number of hydrogen-bond donors (Lipinski definition) is 1. The van der Waals surface area contributed by atoms with Crippen molar-refractivity contribution in [1.29, 1.82) is 0 Å². The number of aliphatic hydroxyl groups is 1. The fourth-order valence-corrected chi connectivity index (χ4v) is 3.41. The van der Waals surface area contributed by atoms with Crippen molar-refractivity contribution in [2.45, 2.75) is 24.0 Å². The van der Waals surface area contributed by atoms with Gasteiger partial charge < -0.3 is 19.3 Å². The molecule has 5 heteroatoms. The van der Waals surface area contributed by atoms with Crippen molar-refractivity contribution in [3.8, 4) is 0 Å². The van der Waals surface area contributed by atoms with Crippen molar-refractivity contribution in [3.05, 3.63) is 23.7 Å². The summed E-state index contributed by atoms with van der Waals surface area (Å²) in [5, 5.41) is 11.0. The van der Waals surface area contributed by atoms with Gasteiger partial charge >= 0.3 is 0 Å². The Balaban J connectivity index is 2.28. The molecule has 3 rings (SSSR count). The van der Waals surface area contributed by atoms with Crippen LogP contribution >= 0.6 is 0 Å². The highest BCUT2D eigenvalue weighted by molar-refractivity contribution is 6.07. The van der Waals surface area contributed by atoms with Crippen LogP contribution in [0.5, 0.6) is 0 Å². The highest BCUT2D eigenvalue weighted by Crippen LogP contribution is 2.61. The van der Waals surface area contributed by atoms with Gasteiger partial charge in [0.2, 0.25) is 11.5 Å². The summed E-state index contributed by atoms with van der Waals surface area (Å²) >= 11 is 0. The molecule has 5 nitrogen and oxygen atoms in total. The van der Waals surface area contributed by atoms with Crippen molar-refractivity contribution in [3.63, 3.8) is 0 Å². The molecule has 1 N–H and O–H groups in total. The Morgan fingerprint density at radius 2 is 2.28 bits per heavy atom. The van der Waals surface area contributed by atoms with Gasteiger partial charge in [-0.3, -0.25) is 4.79 Å². The summed E-state index contributed by atoms with van der Waals surface area (Å²) < 4.78 is 24.0. The van der Waals surface area contributed by atoms with Gasteiger partial charge in [0.15, 0.2) is 17.0 Å². The standard InChI is InChI=1S/C13H16O5/c1-7-6-8-4-5-18-13(8)10(14)9(16-2)11(17-3)12(7,13)15/h8,15H,1,4-6H2,2-3H3/t8-,12-,13+/m1/s1/i6D/t6-,8-,12-,13+. The first-order chi connectivity index (χ1) is 8.96. The van der Waals surface area contributed by atoms with Gasteiger partial charge in [-0.25, -0.2) is 0 Å². The van der Waals surface area contributed by atoms with E-state index in [1.165, 1.54) is 14.2 Å². The molecule has 0 aromatic rings. The number of ketones is 1. The maximum atomic E-state index is 12.6. The van der Waals surface area contributed by atoms with Crippen LogP contribution in [0.1, 0.15) is 14.2 Å². The Hall–Kier alpha value is -1.33. The molecule has 1 heterocycles. The van der Waals surface area contributed by atoms with Crippen LogP contribution in [-0.4, -0.2) is 42.9 Å². The third-order valence-electron chi connectivity index (χ3n) is 4.17. The summed E-state index contributed by atoms with van der Waals surface area (Å²) in [6.07, 6.45) is -0.213. The Kier molecular flexibility index (Phi) is 1.98. The van der Waals surface area contributed by atoms with Crippen molar-refractivity contribution >= 4 is 5.78 Å². The molecule has 4 atom stereocenters. The lowest BCUT2D eigenvalue weighted by Gasteiger charge is -2.34. The Morgan fingerprint density at radius 3 is 2.89 bits per heavy atom. The molecule has 1 aliphatic heterocycles. The summed E-state index contributed by atoms with van der Waals surface area (Å²) in [7, 11) is 2.70. The summed E-state index contributed by atoms with van der Waals surface area (Å²) in [6, 6.07) is 0. The largest absolute Gasteiger partial charge is 0.494 e. The first-order valence-corrected chi connectivity index (χ1v) is 5.82. The molecule has 18 heavy (non-hydrogen) atoms. The molecule has 3 aliphatic rings. The average Bonchev–Trinajstić information content (AvgIpc) is 2.97. The predicted octanol–water partition coefficient (Wildman–Crippen LogP) is 0.540. The number of ether oxygens (including phenoxy) is 3. The molecule has 0 aromatic carbocycles. The second kappa shape index (κ2) is 3.36.